The van der Waals surface area contributed by atoms with Gasteiger partial charge in [-0.1, -0.05) is 6.92 Å². The topological polar surface area (TPSA) is 26.3 Å². The van der Waals surface area contributed by atoms with Gasteiger partial charge in [-0.25, -0.2) is 0 Å². The van der Waals surface area contributed by atoms with E-state index < -0.39 is 0 Å². The number of carbonyl (C=O) groups is 1. The standard InChI is InChI=1S/2C4H8O/c1-2-4-5-3-1;1-3-4(2)5/h1-4H2;3H2,1-2H3. The Morgan fingerprint density at radius 2 is 1.80 bits per heavy atom. The van der Waals surface area contributed by atoms with Gasteiger partial charge in [0.15, 0.2) is 0 Å². The third-order valence-corrected chi connectivity index (χ3v) is 1.33. The molecule has 0 bridgehead atoms. The van der Waals surface area contributed by atoms with E-state index in [2.05, 4.69) is 0 Å². The van der Waals surface area contributed by atoms with E-state index in [-0.39, 0.29) is 5.78 Å². The summed E-state index contributed by atoms with van der Waals surface area (Å²) in [7, 11) is 0. The molecule has 0 aromatic rings. The molecule has 60 valence electrons. The Hall–Kier alpha value is -0.370. The van der Waals surface area contributed by atoms with Crippen LogP contribution < -0.4 is 0 Å². The molecule has 0 aliphatic carbocycles. The Morgan fingerprint density at radius 3 is 1.90 bits per heavy atom. The summed E-state index contributed by atoms with van der Waals surface area (Å²) in [6.45, 7) is 5.43. The van der Waals surface area contributed by atoms with Gasteiger partial charge in [0, 0.05) is 19.6 Å². The molecule has 0 unspecified atom stereocenters. The van der Waals surface area contributed by atoms with Crippen molar-refractivity contribution in [1.29, 1.82) is 0 Å². The van der Waals surface area contributed by atoms with E-state index in [1.807, 2.05) is 6.92 Å². The van der Waals surface area contributed by atoms with Gasteiger partial charge < -0.3 is 9.53 Å². The number of carbonyl (C=O) groups excluding carboxylic acids is 1. The highest BCUT2D eigenvalue weighted by Gasteiger charge is 1.94. The van der Waals surface area contributed by atoms with Gasteiger partial charge in [-0.3, -0.25) is 0 Å². The number of hydrogen-bond donors (Lipinski definition) is 0. The summed E-state index contributed by atoms with van der Waals surface area (Å²) in [5.74, 6) is 0.255. The average Bonchev–Trinajstić information content (AvgIpc) is 2.43. The number of rotatable bonds is 1. The molecule has 0 saturated carbocycles. The van der Waals surface area contributed by atoms with Crippen molar-refractivity contribution in [2.24, 2.45) is 0 Å². The Labute approximate surface area is 62.6 Å². The van der Waals surface area contributed by atoms with E-state index in [1.54, 1.807) is 6.92 Å². The van der Waals surface area contributed by atoms with Gasteiger partial charge in [0.05, 0.1) is 0 Å². The predicted molar refractivity (Wildman–Crippen MR) is 41.0 cm³/mol. The van der Waals surface area contributed by atoms with Crippen molar-refractivity contribution in [3.05, 3.63) is 0 Å². The first-order valence-corrected chi connectivity index (χ1v) is 3.84. The van der Waals surface area contributed by atoms with Crippen LogP contribution in [-0.4, -0.2) is 19.0 Å². The van der Waals surface area contributed by atoms with Crippen LogP contribution in [0, 0.1) is 0 Å². The molecule has 0 spiro atoms. The molecule has 2 heteroatoms. The molecular formula is C8H16O2. The van der Waals surface area contributed by atoms with E-state index in [0.717, 1.165) is 13.2 Å². The SMILES string of the molecule is C1CCOC1.CCC(C)=O. The summed E-state index contributed by atoms with van der Waals surface area (Å²) < 4.78 is 4.94. The molecule has 0 radical (unpaired) electrons. The Kier molecular flexibility index (Phi) is 6.50. The highest BCUT2D eigenvalue weighted by atomic mass is 16.5. The lowest BCUT2D eigenvalue weighted by Gasteiger charge is -1.76. The third-order valence-electron chi connectivity index (χ3n) is 1.33. The molecule has 0 aromatic heterocycles. The minimum absolute atomic E-state index is 0.255. The number of Topliss-reactive ketones (excluding diaryl/α,β-unsaturated/α-hetero) is 1. The van der Waals surface area contributed by atoms with E-state index in [1.165, 1.54) is 12.8 Å². The number of ether oxygens (including phenoxy) is 1. The highest BCUT2D eigenvalue weighted by Crippen LogP contribution is 1.98. The van der Waals surface area contributed by atoms with E-state index in [4.69, 9.17) is 4.74 Å². The second-order valence-electron chi connectivity index (χ2n) is 2.38. The fraction of sp³-hybridized carbons (Fsp3) is 0.875. The number of hydrogen-bond acceptors (Lipinski definition) is 2. The summed E-state index contributed by atoms with van der Waals surface area (Å²) in [6, 6.07) is 0. The second-order valence-corrected chi connectivity index (χ2v) is 2.38. The van der Waals surface area contributed by atoms with Crippen LogP contribution in [0.4, 0.5) is 0 Å². The lowest BCUT2D eigenvalue weighted by Crippen LogP contribution is -1.80. The molecule has 2 nitrogen and oxygen atoms in total. The van der Waals surface area contributed by atoms with E-state index >= 15 is 0 Å². The van der Waals surface area contributed by atoms with Gasteiger partial charge in [-0.15, -0.1) is 0 Å². The molecule has 1 aliphatic heterocycles. The molecule has 1 saturated heterocycles. The molecule has 0 atom stereocenters. The first-order valence-electron chi connectivity index (χ1n) is 3.84. The van der Waals surface area contributed by atoms with Gasteiger partial charge in [-0.2, -0.15) is 0 Å². The summed E-state index contributed by atoms with van der Waals surface area (Å²) >= 11 is 0. The normalized spacial score (nSPS) is 15.8. The van der Waals surface area contributed by atoms with Crippen LogP contribution in [0.1, 0.15) is 33.1 Å². The molecule has 1 rings (SSSR count). The van der Waals surface area contributed by atoms with Crippen molar-refractivity contribution in [2.75, 3.05) is 13.2 Å². The van der Waals surface area contributed by atoms with Crippen molar-refractivity contribution in [3.8, 4) is 0 Å². The summed E-state index contributed by atoms with van der Waals surface area (Å²) in [5, 5.41) is 0. The van der Waals surface area contributed by atoms with Gasteiger partial charge in [0.2, 0.25) is 0 Å². The van der Waals surface area contributed by atoms with Crippen molar-refractivity contribution < 1.29 is 9.53 Å². The Morgan fingerprint density at radius 1 is 1.40 bits per heavy atom. The van der Waals surface area contributed by atoms with Crippen LogP contribution in [0.3, 0.4) is 0 Å². The van der Waals surface area contributed by atoms with E-state index in [9.17, 15) is 4.79 Å². The molecule has 0 aromatic carbocycles. The third kappa shape index (κ3) is 7.63. The van der Waals surface area contributed by atoms with Crippen molar-refractivity contribution in [1.82, 2.24) is 0 Å². The number of ketones is 1. The average molecular weight is 144 g/mol. The van der Waals surface area contributed by atoms with Crippen LogP contribution >= 0.6 is 0 Å². The Bertz CT molecular complexity index is 77.6. The zero-order valence-electron chi connectivity index (χ0n) is 6.85. The molecule has 0 amide bonds. The van der Waals surface area contributed by atoms with Crippen molar-refractivity contribution in [2.45, 2.75) is 33.1 Å². The van der Waals surface area contributed by atoms with Crippen molar-refractivity contribution >= 4 is 5.78 Å². The monoisotopic (exact) mass is 144 g/mol. The summed E-state index contributed by atoms with van der Waals surface area (Å²) in [5.41, 5.74) is 0. The van der Waals surface area contributed by atoms with E-state index in [0.29, 0.717) is 6.42 Å². The smallest absolute Gasteiger partial charge is 0.129 e. The van der Waals surface area contributed by atoms with Crippen LogP contribution in [0.25, 0.3) is 0 Å². The van der Waals surface area contributed by atoms with Crippen molar-refractivity contribution in [3.63, 3.8) is 0 Å². The largest absolute Gasteiger partial charge is 0.381 e. The fourth-order valence-corrected chi connectivity index (χ4v) is 0.510. The Balaban J connectivity index is 0.000000162. The van der Waals surface area contributed by atoms with Crippen LogP contribution in [0.15, 0.2) is 0 Å². The molecule has 0 N–H and O–H groups in total. The maximum atomic E-state index is 9.81. The maximum absolute atomic E-state index is 9.81. The van der Waals surface area contributed by atoms with Gasteiger partial charge in [-0.05, 0) is 19.8 Å². The van der Waals surface area contributed by atoms with Gasteiger partial charge in [0.1, 0.15) is 5.78 Å². The quantitative estimate of drug-likeness (QED) is 0.560. The first-order chi connectivity index (χ1) is 4.77. The minimum atomic E-state index is 0.255. The van der Waals surface area contributed by atoms with Crippen LogP contribution in [0.2, 0.25) is 0 Å². The van der Waals surface area contributed by atoms with Gasteiger partial charge in [0.25, 0.3) is 0 Å². The lowest BCUT2D eigenvalue weighted by molar-refractivity contribution is -0.116. The lowest BCUT2D eigenvalue weighted by atomic mass is 10.4. The zero-order chi connectivity index (χ0) is 7.82. The molecule has 1 aliphatic rings. The summed E-state index contributed by atoms with van der Waals surface area (Å²) in [4.78, 5) is 9.81. The molecular weight excluding hydrogens is 128 g/mol. The van der Waals surface area contributed by atoms with Crippen LogP contribution in [0.5, 0.6) is 0 Å². The molecule has 1 heterocycles. The first kappa shape index (κ1) is 9.63. The summed E-state index contributed by atoms with van der Waals surface area (Å²) in [6.07, 6.45) is 3.22. The zero-order valence-corrected chi connectivity index (χ0v) is 6.85. The molecule has 1 fully saturated rings. The van der Waals surface area contributed by atoms with Crippen LogP contribution in [-0.2, 0) is 9.53 Å². The highest BCUT2D eigenvalue weighted by molar-refractivity contribution is 5.74. The minimum Gasteiger partial charge on any atom is -0.381 e. The van der Waals surface area contributed by atoms with Gasteiger partial charge >= 0.3 is 0 Å². The molecule has 10 heavy (non-hydrogen) atoms. The predicted octanol–water partition coefficient (Wildman–Crippen LogP) is 1.78. The fourth-order valence-electron chi connectivity index (χ4n) is 0.510. The maximum Gasteiger partial charge on any atom is 0.129 e. The second kappa shape index (κ2) is 6.75.